The molecule has 0 N–H and O–H groups in total. The predicted octanol–water partition coefficient (Wildman–Crippen LogP) is 1.51. The van der Waals surface area contributed by atoms with Gasteiger partial charge in [-0.2, -0.15) is 0 Å². The van der Waals surface area contributed by atoms with Gasteiger partial charge in [0.2, 0.25) is 16.1 Å². The van der Waals surface area contributed by atoms with E-state index in [2.05, 4.69) is 47.4 Å². The third-order valence-corrected chi connectivity index (χ3v) is 2.53. The number of quaternary nitrogens is 1. The van der Waals surface area contributed by atoms with Gasteiger partial charge in [0.15, 0.2) is 6.67 Å². The lowest BCUT2D eigenvalue weighted by Crippen LogP contribution is -2.33. The van der Waals surface area contributed by atoms with Crippen molar-refractivity contribution in [3.8, 4) is 0 Å². The Hall–Kier alpha value is -0.0200. The van der Waals surface area contributed by atoms with E-state index in [-0.39, 0.29) is 0 Å². The van der Waals surface area contributed by atoms with E-state index in [4.69, 9.17) is 0 Å². The second-order valence-corrected chi connectivity index (χ2v) is 3.85. The molecule has 0 bridgehead atoms. The van der Waals surface area contributed by atoms with Crippen molar-refractivity contribution in [2.75, 3.05) is 20.3 Å². The van der Waals surface area contributed by atoms with Crippen LogP contribution < -0.4 is 0 Å². The van der Waals surface area contributed by atoms with Gasteiger partial charge in [-0.3, -0.25) is 0 Å². The zero-order chi connectivity index (χ0) is 6.91. The molecule has 0 aromatic carbocycles. The van der Waals surface area contributed by atoms with Gasteiger partial charge < -0.3 is 4.90 Å². The van der Waals surface area contributed by atoms with Crippen LogP contribution in [0.1, 0.15) is 6.92 Å². The van der Waals surface area contributed by atoms with Crippen LogP contribution in [0.4, 0.5) is 0 Å². The number of halogens is 1. The van der Waals surface area contributed by atoms with Gasteiger partial charge in [-0.25, -0.2) is 3.51 Å². The highest BCUT2D eigenvalue weighted by atomic mass is 79.9. The monoisotopic (exact) mass is 191 g/mol. The van der Waals surface area contributed by atoms with Crippen molar-refractivity contribution < 1.29 is 3.51 Å². The molecule has 1 unspecified atom stereocenters. The number of rotatable bonds is 1. The average Bonchev–Trinajstić information content (AvgIpc) is 2.13. The van der Waals surface area contributed by atoms with Crippen molar-refractivity contribution in [3.63, 3.8) is 0 Å². The van der Waals surface area contributed by atoms with E-state index >= 15 is 0 Å². The molecule has 0 saturated heterocycles. The molecule has 0 aromatic heterocycles. The Morgan fingerprint density at radius 2 is 2.44 bits per heavy atom. The van der Waals surface area contributed by atoms with E-state index in [9.17, 15) is 0 Å². The van der Waals surface area contributed by atoms with Crippen LogP contribution in [-0.2, 0) is 0 Å². The molecular weight excluding hydrogens is 180 g/mol. The molecule has 0 aromatic rings. The SMILES string of the molecule is CC[N+]1(Br)C=CN(C)C1. The Kier molecular flexibility index (Phi) is 1.82. The second-order valence-electron chi connectivity index (χ2n) is 2.44. The quantitative estimate of drug-likeness (QED) is 0.569. The van der Waals surface area contributed by atoms with Crippen LogP contribution in [0.5, 0.6) is 0 Å². The molecule has 2 nitrogen and oxygen atoms in total. The summed E-state index contributed by atoms with van der Waals surface area (Å²) >= 11 is 3.59. The summed E-state index contributed by atoms with van der Waals surface area (Å²) in [6.07, 6.45) is 4.25. The van der Waals surface area contributed by atoms with Crippen molar-refractivity contribution in [2.24, 2.45) is 0 Å². The van der Waals surface area contributed by atoms with E-state index in [1.165, 1.54) is 0 Å². The third kappa shape index (κ3) is 1.46. The van der Waals surface area contributed by atoms with Crippen molar-refractivity contribution in [3.05, 3.63) is 12.4 Å². The minimum absolute atomic E-state index is 0.865. The number of hydrogen-bond acceptors (Lipinski definition) is 1. The van der Waals surface area contributed by atoms with Gasteiger partial charge >= 0.3 is 0 Å². The lowest BCUT2D eigenvalue weighted by molar-refractivity contribution is -0.724. The van der Waals surface area contributed by atoms with Crippen molar-refractivity contribution in [1.29, 1.82) is 0 Å². The Morgan fingerprint density at radius 3 is 2.67 bits per heavy atom. The minimum Gasteiger partial charge on any atom is -0.329 e. The molecule has 3 heteroatoms. The van der Waals surface area contributed by atoms with Crippen molar-refractivity contribution in [2.45, 2.75) is 6.92 Å². The molecule has 9 heavy (non-hydrogen) atoms. The Balaban J connectivity index is 2.57. The van der Waals surface area contributed by atoms with E-state index in [1.54, 1.807) is 0 Å². The highest BCUT2D eigenvalue weighted by Crippen LogP contribution is 2.21. The lowest BCUT2D eigenvalue weighted by Gasteiger charge is -2.20. The van der Waals surface area contributed by atoms with Gasteiger partial charge in [0.05, 0.1) is 12.7 Å². The first-order valence-electron chi connectivity index (χ1n) is 3.12. The maximum atomic E-state index is 3.59. The van der Waals surface area contributed by atoms with Crippen LogP contribution in [0.15, 0.2) is 12.4 Å². The fourth-order valence-electron chi connectivity index (χ4n) is 0.904. The van der Waals surface area contributed by atoms with Crippen LogP contribution in [0, 0.1) is 0 Å². The second kappa shape index (κ2) is 2.31. The highest BCUT2D eigenvalue weighted by Gasteiger charge is 2.25. The summed E-state index contributed by atoms with van der Waals surface area (Å²) in [6, 6.07) is 0. The summed E-state index contributed by atoms with van der Waals surface area (Å²) in [4.78, 5) is 2.16. The molecule has 1 aliphatic heterocycles. The predicted molar refractivity (Wildman–Crippen MR) is 41.5 cm³/mol. The molecule has 0 radical (unpaired) electrons. The average molecular weight is 192 g/mol. The Bertz CT molecular complexity index is 135. The molecule has 1 rings (SSSR count). The van der Waals surface area contributed by atoms with Gasteiger partial charge in [-0.1, -0.05) is 0 Å². The molecule has 0 spiro atoms. The van der Waals surface area contributed by atoms with E-state index < -0.39 is 0 Å². The van der Waals surface area contributed by atoms with Crippen LogP contribution in [0.2, 0.25) is 0 Å². The molecule has 0 amide bonds. The summed E-state index contributed by atoms with van der Waals surface area (Å²) < 4.78 is 0.865. The first-order valence-corrected chi connectivity index (χ1v) is 3.83. The fraction of sp³-hybridized carbons (Fsp3) is 0.667. The van der Waals surface area contributed by atoms with Gasteiger partial charge in [-0.05, 0) is 6.92 Å². The largest absolute Gasteiger partial charge is 0.329 e. The van der Waals surface area contributed by atoms with Gasteiger partial charge in [0.25, 0.3) is 0 Å². The molecule has 0 saturated carbocycles. The third-order valence-electron chi connectivity index (χ3n) is 1.57. The molecule has 52 valence electrons. The maximum absolute atomic E-state index is 3.59. The van der Waals surface area contributed by atoms with Crippen LogP contribution >= 0.6 is 16.1 Å². The normalized spacial score (nSPS) is 33.9. The summed E-state index contributed by atoms with van der Waals surface area (Å²) in [7, 11) is 2.08. The number of nitrogens with zero attached hydrogens (tertiary/aromatic N) is 2. The van der Waals surface area contributed by atoms with Gasteiger partial charge in [0, 0.05) is 7.05 Å². The molecule has 1 aliphatic rings. The first-order chi connectivity index (χ1) is 4.16. The Labute approximate surface area is 64.7 Å². The molecule has 1 heterocycles. The summed E-state index contributed by atoms with van der Waals surface area (Å²) in [5.41, 5.74) is 0. The standard InChI is InChI=1S/C6H12BrN2/c1-3-9(7)5-4-8(2)6-9/h4-5H,3,6H2,1-2H3/q+1. The summed E-state index contributed by atoms with van der Waals surface area (Å²) in [5, 5.41) is 0. The van der Waals surface area contributed by atoms with E-state index in [1.807, 2.05) is 0 Å². The smallest absolute Gasteiger partial charge is 0.234 e. The highest BCUT2D eigenvalue weighted by molar-refractivity contribution is 9.05. The molecule has 1 atom stereocenters. The molecular formula is C6H12BrN2+. The zero-order valence-electron chi connectivity index (χ0n) is 5.84. The zero-order valence-corrected chi connectivity index (χ0v) is 7.43. The number of hydrogen-bond donors (Lipinski definition) is 0. The Morgan fingerprint density at radius 1 is 1.78 bits per heavy atom. The van der Waals surface area contributed by atoms with E-state index in [0.29, 0.717) is 0 Å². The van der Waals surface area contributed by atoms with Gasteiger partial charge in [0.1, 0.15) is 6.20 Å². The summed E-state index contributed by atoms with van der Waals surface area (Å²) in [6.45, 7) is 4.30. The molecule has 0 aliphatic carbocycles. The fourth-order valence-corrected chi connectivity index (χ4v) is 1.36. The van der Waals surface area contributed by atoms with E-state index in [0.717, 1.165) is 16.7 Å². The molecule has 0 fully saturated rings. The lowest BCUT2D eigenvalue weighted by atomic mass is 10.6. The topological polar surface area (TPSA) is 3.24 Å². The van der Waals surface area contributed by atoms with Gasteiger partial charge in [-0.15, -0.1) is 0 Å². The van der Waals surface area contributed by atoms with Crippen LogP contribution in [-0.4, -0.2) is 28.7 Å². The maximum Gasteiger partial charge on any atom is 0.234 e. The van der Waals surface area contributed by atoms with Crippen molar-refractivity contribution in [1.82, 2.24) is 4.90 Å². The van der Waals surface area contributed by atoms with Crippen molar-refractivity contribution >= 4 is 16.1 Å². The minimum atomic E-state index is 0.865. The first kappa shape index (κ1) is 7.09. The van der Waals surface area contributed by atoms with Crippen LogP contribution in [0.3, 0.4) is 0 Å². The summed E-state index contributed by atoms with van der Waals surface area (Å²) in [5.74, 6) is 0. The van der Waals surface area contributed by atoms with Crippen LogP contribution in [0.25, 0.3) is 0 Å².